The smallest absolute Gasteiger partial charge is 0.266 e. The van der Waals surface area contributed by atoms with E-state index >= 15 is 0 Å². The first-order valence-electron chi connectivity index (χ1n) is 11.7. The van der Waals surface area contributed by atoms with Crippen LogP contribution in [-0.4, -0.2) is 62.6 Å². The standard InChI is InChI=1S/C26H28Br2N6O2/c1-4-20(33(15-14-32(2)3)25(35)18-10-12-19(27)13-11-18)24-29-23-21(22(28)30-31-23)26(36)34(24)16-17-8-6-5-7-9-17/h5-13,20H,4,14-16H2,1-3H3,(H,30,31). The summed E-state index contributed by atoms with van der Waals surface area (Å²) in [6, 6.07) is 16.7. The molecule has 10 heteroatoms. The molecule has 1 N–H and O–H groups in total. The lowest BCUT2D eigenvalue weighted by Gasteiger charge is -2.33. The van der Waals surface area contributed by atoms with E-state index in [9.17, 15) is 9.59 Å². The molecule has 0 fully saturated rings. The minimum atomic E-state index is -0.427. The molecule has 8 nitrogen and oxygen atoms in total. The van der Waals surface area contributed by atoms with Gasteiger partial charge in [0.25, 0.3) is 11.5 Å². The fraction of sp³-hybridized carbons (Fsp3) is 0.308. The third-order valence-corrected chi connectivity index (χ3v) is 7.15. The maximum atomic E-state index is 13.8. The molecule has 188 valence electrons. The van der Waals surface area contributed by atoms with Gasteiger partial charge in [-0.05, 0) is 66.3 Å². The number of carbonyl (C=O) groups is 1. The van der Waals surface area contributed by atoms with Crippen LogP contribution in [0.5, 0.6) is 0 Å². The van der Waals surface area contributed by atoms with Crippen LogP contribution >= 0.6 is 31.9 Å². The Kier molecular flexibility index (Phi) is 8.38. The van der Waals surface area contributed by atoms with Crippen molar-refractivity contribution in [2.24, 2.45) is 0 Å². The topological polar surface area (TPSA) is 87.1 Å². The zero-order chi connectivity index (χ0) is 25.8. The predicted molar refractivity (Wildman–Crippen MR) is 148 cm³/mol. The van der Waals surface area contributed by atoms with Gasteiger partial charge >= 0.3 is 0 Å². The summed E-state index contributed by atoms with van der Waals surface area (Å²) in [5.41, 5.74) is 1.74. The third kappa shape index (κ3) is 5.61. The molecule has 0 bridgehead atoms. The highest BCUT2D eigenvalue weighted by Crippen LogP contribution is 2.27. The first-order valence-corrected chi connectivity index (χ1v) is 13.3. The average molecular weight is 616 g/mol. The first kappa shape index (κ1) is 26.2. The van der Waals surface area contributed by atoms with E-state index in [1.165, 1.54) is 0 Å². The fourth-order valence-corrected chi connectivity index (χ4v) is 4.89. The van der Waals surface area contributed by atoms with Gasteiger partial charge in [0.05, 0.1) is 12.6 Å². The van der Waals surface area contributed by atoms with Crippen LogP contribution in [0.15, 0.2) is 68.5 Å². The Labute approximate surface area is 226 Å². The van der Waals surface area contributed by atoms with Gasteiger partial charge in [-0.2, -0.15) is 5.10 Å². The minimum absolute atomic E-state index is 0.109. The van der Waals surface area contributed by atoms with Crippen LogP contribution in [-0.2, 0) is 6.54 Å². The lowest BCUT2D eigenvalue weighted by atomic mass is 10.1. The highest BCUT2D eigenvalue weighted by Gasteiger charge is 2.30. The summed E-state index contributed by atoms with van der Waals surface area (Å²) in [6.45, 7) is 3.49. The summed E-state index contributed by atoms with van der Waals surface area (Å²) in [5.74, 6) is 0.418. The Morgan fingerprint density at radius 1 is 1.06 bits per heavy atom. The molecule has 1 amide bonds. The molecular weight excluding hydrogens is 588 g/mol. The molecule has 2 heterocycles. The van der Waals surface area contributed by atoms with Crippen molar-refractivity contribution in [1.82, 2.24) is 29.5 Å². The van der Waals surface area contributed by atoms with Crippen molar-refractivity contribution in [2.75, 3.05) is 27.2 Å². The van der Waals surface area contributed by atoms with Crippen molar-refractivity contribution in [1.29, 1.82) is 0 Å². The number of nitrogens with one attached hydrogen (secondary N) is 1. The van der Waals surface area contributed by atoms with Gasteiger partial charge < -0.3 is 9.80 Å². The highest BCUT2D eigenvalue weighted by molar-refractivity contribution is 9.10. The average Bonchev–Trinajstić information content (AvgIpc) is 3.24. The molecule has 0 aliphatic heterocycles. The maximum absolute atomic E-state index is 13.8. The maximum Gasteiger partial charge on any atom is 0.266 e. The molecule has 2 aromatic carbocycles. The van der Waals surface area contributed by atoms with E-state index < -0.39 is 6.04 Å². The summed E-state index contributed by atoms with van der Waals surface area (Å²) >= 11 is 6.82. The molecule has 0 spiro atoms. The van der Waals surface area contributed by atoms with E-state index in [1.807, 2.05) is 85.4 Å². The Morgan fingerprint density at radius 2 is 1.75 bits per heavy atom. The predicted octanol–water partition coefficient (Wildman–Crippen LogP) is 4.85. The van der Waals surface area contributed by atoms with Gasteiger partial charge in [-0.15, -0.1) is 0 Å². The Bertz CT molecular complexity index is 1400. The second kappa shape index (κ2) is 11.5. The number of rotatable bonds is 9. The molecule has 0 radical (unpaired) electrons. The van der Waals surface area contributed by atoms with Gasteiger partial charge in [-0.3, -0.25) is 19.3 Å². The number of fused-ring (bicyclic) bond motifs is 1. The second-order valence-electron chi connectivity index (χ2n) is 8.82. The molecule has 36 heavy (non-hydrogen) atoms. The molecule has 0 aliphatic rings. The van der Waals surface area contributed by atoms with Crippen molar-refractivity contribution in [2.45, 2.75) is 25.9 Å². The molecular formula is C26H28Br2N6O2. The first-order chi connectivity index (χ1) is 17.3. The zero-order valence-corrected chi connectivity index (χ0v) is 23.6. The lowest BCUT2D eigenvalue weighted by molar-refractivity contribution is 0.0642. The summed E-state index contributed by atoms with van der Waals surface area (Å²) in [7, 11) is 3.95. The molecule has 4 rings (SSSR count). The van der Waals surface area contributed by atoms with E-state index in [0.717, 1.165) is 10.0 Å². The van der Waals surface area contributed by atoms with Crippen LogP contribution < -0.4 is 5.56 Å². The Balaban J connectivity index is 1.87. The van der Waals surface area contributed by atoms with E-state index in [1.54, 1.807) is 4.57 Å². The summed E-state index contributed by atoms with van der Waals surface area (Å²) < 4.78 is 3.00. The molecule has 0 saturated carbocycles. The Morgan fingerprint density at radius 3 is 2.39 bits per heavy atom. The molecule has 1 unspecified atom stereocenters. The van der Waals surface area contributed by atoms with Crippen LogP contribution in [0.25, 0.3) is 11.0 Å². The number of halogens is 2. The lowest BCUT2D eigenvalue weighted by Crippen LogP contribution is -2.42. The monoisotopic (exact) mass is 614 g/mol. The van der Waals surface area contributed by atoms with E-state index in [4.69, 9.17) is 4.98 Å². The summed E-state index contributed by atoms with van der Waals surface area (Å²) in [5, 5.41) is 7.40. The number of carbonyl (C=O) groups excluding carboxylic acids is 1. The number of hydrogen-bond acceptors (Lipinski definition) is 5. The van der Waals surface area contributed by atoms with Crippen LogP contribution in [0.2, 0.25) is 0 Å². The van der Waals surface area contributed by atoms with Gasteiger partial charge in [0.15, 0.2) is 5.65 Å². The second-order valence-corrected chi connectivity index (χ2v) is 10.5. The quantitative estimate of drug-likeness (QED) is 0.291. The molecule has 0 saturated heterocycles. The van der Waals surface area contributed by atoms with Gasteiger partial charge in [0.2, 0.25) is 0 Å². The molecule has 1 atom stereocenters. The van der Waals surface area contributed by atoms with E-state index in [-0.39, 0.29) is 11.5 Å². The van der Waals surface area contributed by atoms with Crippen LogP contribution in [0.1, 0.15) is 41.1 Å². The Hall–Kier alpha value is -2.82. The fourth-order valence-electron chi connectivity index (χ4n) is 4.18. The van der Waals surface area contributed by atoms with E-state index in [0.29, 0.717) is 53.1 Å². The largest absolute Gasteiger partial charge is 0.327 e. The number of likely N-dealkylation sites (N-methyl/N-ethyl adjacent to an activating group) is 1. The zero-order valence-electron chi connectivity index (χ0n) is 20.4. The van der Waals surface area contributed by atoms with E-state index in [2.05, 4.69) is 42.1 Å². The molecule has 2 aromatic heterocycles. The summed E-state index contributed by atoms with van der Waals surface area (Å²) in [6.07, 6.45) is 0.581. The number of H-pyrrole nitrogens is 1. The highest BCUT2D eigenvalue weighted by atomic mass is 79.9. The van der Waals surface area contributed by atoms with Crippen LogP contribution in [0, 0.1) is 0 Å². The number of hydrogen-bond donors (Lipinski definition) is 1. The molecule has 0 aliphatic carbocycles. The number of benzene rings is 2. The number of nitrogens with zero attached hydrogens (tertiary/aromatic N) is 5. The van der Waals surface area contributed by atoms with Gasteiger partial charge in [-0.25, -0.2) is 4.98 Å². The minimum Gasteiger partial charge on any atom is -0.327 e. The van der Waals surface area contributed by atoms with Crippen molar-refractivity contribution in [3.05, 3.63) is 91.0 Å². The normalized spacial score (nSPS) is 12.3. The summed E-state index contributed by atoms with van der Waals surface area (Å²) in [4.78, 5) is 36.3. The van der Waals surface area contributed by atoms with Gasteiger partial charge in [-0.1, -0.05) is 53.2 Å². The van der Waals surface area contributed by atoms with Crippen molar-refractivity contribution >= 4 is 48.8 Å². The van der Waals surface area contributed by atoms with Crippen molar-refractivity contribution < 1.29 is 4.79 Å². The third-order valence-electron chi connectivity index (χ3n) is 6.05. The van der Waals surface area contributed by atoms with Crippen molar-refractivity contribution in [3.8, 4) is 0 Å². The van der Waals surface area contributed by atoms with Crippen LogP contribution in [0.3, 0.4) is 0 Å². The van der Waals surface area contributed by atoms with Gasteiger partial charge in [0.1, 0.15) is 15.8 Å². The number of amides is 1. The molecule has 4 aromatic rings. The SMILES string of the molecule is CCC(c1nc2[nH]nc(Br)c2c(=O)n1Cc1ccccc1)N(CCN(C)C)C(=O)c1ccc(Br)cc1. The van der Waals surface area contributed by atoms with Crippen LogP contribution in [0.4, 0.5) is 0 Å². The number of aromatic amines is 1. The van der Waals surface area contributed by atoms with Gasteiger partial charge in [0, 0.05) is 23.1 Å². The van der Waals surface area contributed by atoms with Crippen molar-refractivity contribution in [3.63, 3.8) is 0 Å². The number of aromatic nitrogens is 4.